The van der Waals surface area contributed by atoms with Crippen LogP contribution in [0.25, 0.3) is 22.3 Å². The lowest BCUT2D eigenvalue weighted by Gasteiger charge is -2.24. The van der Waals surface area contributed by atoms with Gasteiger partial charge in [-0.2, -0.15) is 0 Å². The zero-order valence-electron chi connectivity index (χ0n) is 57.5. The lowest BCUT2D eigenvalue weighted by molar-refractivity contribution is 0.443. The van der Waals surface area contributed by atoms with Gasteiger partial charge in [-0.3, -0.25) is 0 Å². The molecule has 5 N–H and O–H groups in total. The van der Waals surface area contributed by atoms with E-state index in [1.54, 1.807) is 97.1 Å². The Labute approximate surface area is 576 Å². The van der Waals surface area contributed by atoms with Gasteiger partial charge in [0.1, 0.15) is 0 Å². The van der Waals surface area contributed by atoms with Crippen molar-refractivity contribution in [3.05, 3.63) is 201 Å². The van der Waals surface area contributed by atoms with Crippen LogP contribution in [0.15, 0.2) is 187 Å². The van der Waals surface area contributed by atoms with Crippen molar-refractivity contribution in [3.63, 3.8) is 0 Å². The standard InChI is InChI=1S/C76H97N9O8S4/c1-9-17-21-53(13-5)49-77-94(86,87)61-33-25-57(26-34-61)73-65-41-42-66(81-65)74(58-27-35-62(36-28-58)95(88,89)78-50-54(14-6)22-18-10-2)71-47-48-72-76(60-31-39-64(40-32-60)97(92,93)80-52-56(16-8)24-20-12-4)68-44-43-67(82-68)75(70-46-45-69(73)84(70)83-85(71)72)59-29-37-63(38-30-59)96(90,91)79-51-55(15-7)23-19-11-3/h25-48,53-56,77-80,83H,9-24,49-52H2,1-8H3/b73-65-,73-69?,74-66?,74-71-,75-67-,75-70?,76-68?,76-72+. The van der Waals surface area contributed by atoms with Crippen LogP contribution in [0.4, 0.5) is 0 Å². The number of hydrogen-bond donors (Lipinski definition) is 5. The second-order valence-corrected chi connectivity index (χ2v) is 33.1. The topological polar surface area (TPSA) is 231 Å². The number of unbranched alkanes of at least 4 members (excludes halogenated alkanes) is 4. The summed E-state index contributed by atoms with van der Waals surface area (Å²) in [6.45, 7) is 18.1. The SMILES string of the molecule is CCCCC(CC)CNS(=O)(=O)c1ccc(/C2=C3\C=CC(=N3)/C(c3ccc(S(=O)(=O)NCC(CC)CCCC)cc3)=c3/cc/c4n3Nn3c2ccc3/C(c2ccc(S(=O)(=O)NCC(CC)CCCC)cc2)=C2/C=CC(=N2)/C=4c2ccc(S(=O)(=O)NCC(CC)CCCC)cc2)cc1. The van der Waals surface area contributed by atoms with Gasteiger partial charge in [0.05, 0.1) is 64.5 Å². The van der Waals surface area contributed by atoms with E-state index in [9.17, 15) is 33.7 Å². The van der Waals surface area contributed by atoms with E-state index in [0.717, 1.165) is 103 Å². The highest BCUT2D eigenvalue weighted by molar-refractivity contribution is 7.90. The Balaban J connectivity index is 1.20. The average molecular weight is 1390 g/mol. The normalized spacial score (nSPS) is 18.6. The molecule has 0 aliphatic carbocycles. The van der Waals surface area contributed by atoms with E-state index in [1.807, 2.05) is 57.9 Å². The van der Waals surface area contributed by atoms with Gasteiger partial charge >= 0.3 is 0 Å². The second-order valence-electron chi connectivity index (χ2n) is 26.1. The molecule has 4 aliphatic heterocycles. The molecule has 4 atom stereocenters. The van der Waals surface area contributed by atoms with Crippen molar-refractivity contribution < 1.29 is 33.7 Å². The summed E-state index contributed by atoms with van der Waals surface area (Å²) < 4.78 is 128. The minimum absolute atomic E-state index is 0.114. The number of sulfonamides is 4. The molecule has 6 aromatic rings. The highest BCUT2D eigenvalue weighted by Crippen LogP contribution is 2.39. The van der Waals surface area contributed by atoms with Crippen molar-refractivity contribution in [2.24, 2.45) is 33.7 Å². The quantitative estimate of drug-likeness (QED) is 0.0251. The number of nitrogens with one attached hydrogen (secondary N) is 5. The minimum Gasteiger partial charge on any atom is -0.248 e. The number of fused-ring (bicyclic) bond motifs is 2. The third-order valence-corrected chi connectivity index (χ3v) is 25.3. The van der Waals surface area contributed by atoms with Crippen molar-refractivity contribution in [3.8, 4) is 0 Å². The third-order valence-electron chi connectivity index (χ3n) is 19.5. The largest absolute Gasteiger partial charge is 0.248 e. The van der Waals surface area contributed by atoms with Crippen molar-refractivity contribution in [1.82, 2.24) is 28.2 Å². The summed E-state index contributed by atoms with van der Waals surface area (Å²) in [7, 11) is -15.7. The molecule has 0 spiro atoms. The van der Waals surface area contributed by atoms with Gasteiger partial charge in [-0.25, -0.2) is 77.4 Å². The van der Waals surface area contributed by atoms with Crippen LogP contribution in [0.1, 0.15) is 192 Å². The first kappa shape index (κ1) is 72.7. The van der Waals surface area contributed by atoms with E-state index in [-0.39, 0.29) is 43.3 Å². The molecule has 0 amide bonds. The van der Waals surface area contributed by atoms with Gasteiger partial charge < -0.3 is 0 Å². The van der Waals surface area contributed by atoms with Crippen molar-refractivity contribution in [1.29, 1.82) is 0 Å². The van der Waals surface area contributed by atoms with Crippen molar-refractivity contribution >= 4 is 73.8 Å². The molecule has 518 valence electrons. The summed E-state index contributed by atoms with van der Waals surface area (Å²) in [4.78, 5) is 11.4. The number of nitrogens with zero attached hydrogens (tertiary/aromatic N) is 4. The molecule has 97 heavy (non-hydrogen) atoms. The Hall–Kier alpha value is -7.08. The molecule has 6 heterocycles. The van der Waals surface area contributed by atoms with Gasteiger partial charge in [0.25, 0.3) is 0 Å². The maximum Gasteiger partial charge on any atom is 0.240 e. The Morgan fingerprint density at radius 1 is 0.340 bits per heavy atom. The predicted octanol–water partition coefficient (Wildman–Crippen LogP) is 13.2. The first-order valence-electron chi connectivity index (χ1n) is 35.1. The maximum atomic E-state index is 14.1. The van der Waals surface area contributed by atoms with E-state index < -0.39 is 40.1 Å². The van der Waals surface area contributed by atoms with E-state index in [4.69, 9.17) is 9.98 Å². The molecule has 4 aromatic carbocycles. The van der Waals surface area contributed by atoms with Crippen LogP contribution in [0.2, 0.25) is 0 Å². The molecular formula is C76H97N9O8S4. The Morgan fingerprint density at radius 2 is 0.608 bits per heavy atom. The molecule has 0 saturated heterocycles. The van der Waals surface area contributed by atoms with E-state index >= 15 is 0 Å². The molecular weight excluding hydrogens is 1300 g/mol. The lowest BCUT2D eigenvalue weighted by Crippen LogP contribution is -2.42. The number of rotatable bonds is 36. The van der Waals surface area contributed by atoms with Crippen molar-refractivity contribution in [2.45, 2.75) is 178 Å². The van der Waals surface area contributed by atoms with Crippen LogP contribution in [-0.4, -0.2) is 80.6 Å². The van der Waals surface area contributed by atoms with Crippen LogP contribution >= 0.6 is 0 Å². The minimum atomic E-state index is -3.92. The van der Waals surface area contributed by atoms with Gasteiger partial charge in [-0.05, 0) is 169 Å². The summed E-state index contributed by atoms with van der Waals surface area (Å²) in [5, 5.41) is 1.24. The Morgan fingerprint density at radius 3 is 0.866 bits per heavy atom. The fraction of sp³-hybridized carbons (Fsp3) is 0.421. The molecule has 2 aromatic heterocycles. The van der Waals surface area contributed by atoms with Gasteiger partial charge in [0, 0.05) is 48.5 Å². The van der Waals surface area contributed by atoms with Gasteiger partial charge in [0.2, 0.25) is 40.1 Å². The van der Waals surface area contributed by atoms with Crippen LogP contribution in [0.3, 0.4) is 0 Å². The molecule has 0 saturated carbocycles. The molecule has 6 bridgehead atoms. The van der Waals surface area contributed by atoms with Crippen LogP contribution < -0.4 is 35.1 Å². The number of aromatic nitrogens is 2. The summed E-state index contributed by atoms with van der Waals surface area (Å²) >= 11 is 0. The molecule has 0 fully saturated rings. The van der Waals surface area contributed by atoms with Gasteiger partial charge in [-0.1, -0.05) is 181 Å². The molecule has 4 unspecified atom stereocenters. The number of benzene rings is 4. The van der Waals surface area contributed by atoms with Gasteiger partial charge in [-0.15, -0.1) is 0 Å². The van der Waals surface area contributed by atoms with Crippen LogP contribution in [-0.2, 0) is 40.1 Å². The zero-order valence-corrected chi connectivity index (χ0v) is 60.8. The number of aliphatic imine (C=N–C) groups is 2. The van der Waals surface area contributed by atoms with Crippen LogP contribution in [0, 0.1) is 23.7 Å². The maximum absolute atomic E-state index is 14.1. The van der Waals surface area contributed by atoms with E-state index in [2.05, 4.69) is 79.8 Å². The molecule has 10 rings (SSSR count). The third kappa shape index (κ3) is 16.6. The predicted molar refractivity (Wildman–Crippen MR) is 393 cm³/mol. The average Bonchev–Trinajstić information content (AvgIpc) is 1.58. The monoisotopic (exact) mass is 1390 g/mol. The first-order chi connectivity index (χ1) is 46.7. The summed E-state index contributed by atoms with van der Waals surface area (Å²) in [6.07, 6.45) is 23.0. The Bertz CT molecular complexity index is 4310. The second kappa shape index (κ2) is 32.3. The van der Waals surface area contributed by atoms with E-state index in [1.165, 1.54) is 0 Å². The summed E-state index contributed by atoms with van der Waals surface area (Å²) in [6, 6.07) is 35.2. The highest BCUT2D eigenvalue weighted by atomic mass is 32.2. The molecule has 17 nitrogen and oxygen atoms in total. The highest BCUT2D eigenvalue weighted by Gasteiger charge is 2.31. The number of allylic oxidation sites excluding steroid dienone is 4. The number of hydrogen-bond acceptors (Lipinski definition) is 11. The fourth-order valence-electron chi connectivity index (χ4n) is 13.2. The molecule has 21 heteroatoms. The fourth-order valence-corrected chi connectivity index (χ4v) is 17.6. The Kier molecular flexibility index (Phi) is 24.2. The summed E-state index contributed by atoms with van der Waals surface area (Å²) in [5.74, 6) is 0.787. The zero-order chi connectivity index (χ0) is 69.1. The smallest absolute Gasteiger partial charge is 0.240 e. The summed E-state index contributed by atoms with van der Waals surface area (Å²) in [5.41, 5.74) is 12.5. The lowest BCUT2D eigenvalue weighted by atomic mass is 10.00. The van der Waals surface area contributed by atoms with Crippen LogP contribution in [0.5, 0.6) is 0 Å². The van der Waals surface area contributed by atoms with Crippen molar-refractivity contribution in [2.75, 3.05) is 31.7 Å². The molecule has 4 aliphatic rings. The van der Waals surface area contributed by atoms with Gasteiger partial charge in [0.15, 0.2) is 0 Å². The first-order valence-corrected chi connectivity index (χ1v) is 41.0. The van der Waals surface area contributed by atoms with E-state index in [0.29, 0.717) is 116 Å². The molecule has 0 radical (unpaired) electrons.